The van der Waals surface area contributed by atoms with E-state index in [0.29, 0.717) is 12.8 Å². The van der Waals surface area contributed by atoms with E-state index in [1.54, 1.807) is 0 Å². The maximum absolute atomic E-state index is 12.8. The molecule has 24 heavy (non-hydrogen) atoms. The number of piperidine rings is 1. The van der Waals surface area contributed by atoms with E-state index < -0.39 is 5.97 Å². The third-order valence-corrected chi connectivity index (χ3v) is 4.86. The van der Waals surface area contributed by atoms with E-state index in [1.165, 1.54) is 0 Å². The van der Waals surface area contributed by atoms with Gasteiger partial charge in [-0.05, 0) is 42.0 Å². The number of aliphatic carboxylic acids is 1. The zero-order chi connectivity index (χ0) is 16.9. The highest BCUT2D eigenvalue weighted by Crippen LogP contribution is 2.24. The Hall–Kier alpha value is -2.36. The van der Waals surface area contributed by atoms with Crippen LogP contribution in [0.5, 0.6) is 0 Å². The first-order chi connectivity index (χ1) is 11.6. The molecule has 1 aliphatic heterocycles. The van der Waals surface area contributed by atoms with Crippen molar-refractivity contribution in [3.63, 3.8) is 0 Å². The summed E-state index contributed by atoms with van der Waals surface area (Å²) in [5, 5.41) is 11.2. The van der Waals surface area contributed by atoms with Gasteiger partial charge >= 0.3 is 5.97 Å². The predicted molar refractivity (Wildman–Crippen MR) is 93.9 cm³/mol. The van der Waals surface area contributed by atoms with Gasteiger partial charge in [-0.2, -0.15) is 0 Å². The van der Waals surface area contributed by atoms with Gasteiger partial charge in [-0.1, -0.05) is 42.5 Å². The van der Waals surface area contributed by atoms with Gasteiger partial charge in [-0.3, -0.25) is 9.59 Å². The number of carbonyl (C=O) groups is 2. The molecule has 0 radical (unpaired) electrons. The fraction of sp³-hybridized carbons (Fsp3) is 0.400. The number of amides is 1. The molecule has 1 unspecified atom stereocenters. The lowest BCUT2D eigenvalue weighted by Crippen LogP contribution is -2.44. The fourth-order valence-corrected chi connectivity index (χ4v) is 3.63. The standard InChI is InChI=1S/C20H23NO3/c22-19(21-13-4-3-9-17(21)11-12-20(23)24)14-16-8-5-7-15-6-1-2-10-18(15)16/h1-2,5-8,10,17H,3-4,9,11-14H2,(H,23,24). The number of hydrogen-bond donors (Lipinski definition) is 1. The largest absolute Gasteiger partial charge is 0.481 e. The Bertz CT molecular complexity index is 735. The van der Waals surface area contributed by atoms with Gasteiger partial charge in [0.05, 0.1) is 6.42 Å². The summed E-state index contributed by atoms with van der Waals surface area (Å²) < 4.78 is 0. The van der Waals surface area contributed by atoms with Crippen molar-refractivity contribution in [1.29, 1.82) is 0 Å². The molecule has 1 amide bonds. The van der Waals surface area contributed by atoms with Gasteiger partial charge in [0.25, 0.3) is 0 Å². The molecular formula is C20H23NO3. The molecular weight excluding hydrogens is 302 g/mol. The van der Waals surface area contributed by atoms with Crippen molar-refractivity contribution in [3.05, 3.63) is 48.0 Å². The summed E-state index contributed by atoms with van der Waals surface area (Å²) in [4.78, 5) is 25.6. The Morgan fingerprint density at radius 1 is 1.08 bits per heavy atom. The van der Waals surface area contributed by atoms with Crippen LogP contribution in [0.4, 0.5) is 0 Å². The maximum Gasteiger partial charge on any atom is 0.303 e. The van der Waals surface area contributed by atoms with Crippen LogP contribution in [0, 0.1) is 0 Å². The van der Waals surface area contributed by atoms with E-state index in [0.717, 1.165) is 42.1 Å². The van der Waals surface area contributed by atoms with Crippen molar-refractivity contribution in [2.24, 2.45) is 0 Å². The van der Waals surface area contributed by atoms with Crippen LogP contribution in [0.15, 0.2) is 42.5 Å². The monoisotopic (exact) mass is 325 g/mol. The second-order valence-corrected chi connectivity index (χ2v) is 6.48. The van der Waals surface area contributed by atoms with Crippen LogP contribution in [0.2, 0.25) is 0 Å². The van der Waals surface area contributed by atoms with E-state index in [4.69, 9.17) is 5.11 Å². The van der Waals surface area contributed by atoms with Crippen LogP contribution in [0.1, 0.15) is 37.7 Å². The minimum absolute atomic E-state index is 0.0670. The highest BCUT2D eigenvalue weighted by atomic mass is 16.4. The fourth-order valence-electron chi connectivity index (χ4n) is 3.63. The van der Waals surface area contributed by atoms with E-state index in [9.17, 15) is 9.59 Å². The van der Waals surface area contributed by atoms with E-state index >= 15 is 0 Å². The van der Waals surface area contributed by atoms with Crippen LogP contribution >= 0.6 is 0 Å². The summed E-state index contributed by atoms with van der Waals surface area (Å²) in [6.45, 7) is 0.744. The van der Waals surface area contributed by atoms with Crippen LogP contribution in [-0.2, 0) is 16.0 Å². The average Bonchev–Trinajstić information content (AvgIpc) is 2.60. The molecule has 0 aromatic heterocycles. The van der Waals surface area contributed by atoms with Crippen LogP contribution in [-0.4, -0.2) is 34.5 Å². The highest BCUT2D eigenvalue weighted by molar-refractivity contribution is 5.90. The van der Waals surface area contributed by atoms with Crippen molar-refractivity contribution in [2.75, 3.05) is 6.54 Å². The summed E-state index contributed by atoms with van der Waals surface area (Å²) >= 11 is 0. The molecule has 1 heterocycles. The number of carbonyl (C=O) groups excluding carboxylic acids is 1. The molecule has 4 nitrogen and oxygen atoms in total. The lowest BCUT2D eigenvalue weighted by Gasteiger charge is -2.36. The summed E-state index contributed by atoms with van der Waals surface area (Å²) in [5.41, 5.74) is 1.04. The SMILES string of the molecule is O=C(O)CCC1CCCCN1C(=O)Cc1cccc2ccccc12. The topological polar surface area (TPSA) is 57.6 Å². The molecule has 1 fully saturated rings. The van der Waals surface area contributed by atoms with Crippen LogP contribution < -0.4 is 0 Å². The zero-order valence-electron chi connectivity index (χ0n) is 13.8. The van der Waals surface area contributed by atoms with E-state index in [2.05, 4.69) is 18.2 Å². The van der Waals surface area contributed by atoms with E-state index in [-0.39, 0.29) is 18.4 Å². The normalized spacial score (nSPS) is 17.8. The first-order valence-electron chi connectivity index (χ1n) is 8.63. The molecule has 1 atom stereocenters. The number of benzene rings is 2. The summed E-state index contributed by atoms with van der Waals surface area (Å²) in [7, 11) is 0. The number of likely N-dealkylation sites (tertiary alicyclic amines) is 1. The summed E-state index contributed by atoms with van der Waals surface area (Å²) in [6, 6.07) is 14.2. The number of fused-ring (bicyclic) bond motifs is 1. The third-order valence-electron chi connectivity index (χ3n) is 4.86. The highest BCUT2D eigenvalue weighted by Gasteiger charge is 2.27. The smallest absolute Gasteiger partial charge is 0.303 e. The molecule has 3 rings (SSSR count). The second kappa shape index (κ2) is 7.47. The van der Waals surface area contributed by atoms with Gasteiger partial charge in [0.15, 0.2) is 0 Å². The van der Waals surface area contributed by atoms with Gasteiger partial charge < -0.3 is 10.0 Å². The first-order valence-corrected chi connectivity index (χ1v) is 8.63. The molecule has 4 heteroatoms. The number of carboxylic acids is 1. The van der Waals surface area contributed by atoms with Crippen molar-refractivity contribution >= 4 is 22.6 Å². The Morgan fingerprint density at radius 3 is 2.71 bits per heavy atom. The average molecular weight is 325 g/mol. The van der Waals surface area contributed by atoms with Gasteiger partial charge in [-0.15, -0.1) is 0 Å². The predicted octanol–water partition coefficient (Wildman–Crippen LogP) is 3.63. The van der Waals surface area contributed by atoms with Crippen LogP contribution in [0.3, 0.4) is 0 Å². The van der Waals surface area contributed by atoms with Crippen molar-refractivity contribution < 1.29 is 14.7 Å². The number of rotatable bonds is 5. The Labute approximate surface area is 142 Å². The zero-order valence-corrected chi connectivity index (χ0v) is 13.8. The van der Waals surface area contributed by atoms with Gasteiger partial charge in [-0.25, -0.2) is 0 Å². The van der Waals surface area contributed by atoms with Crippen LogP contribution in [0.25, 0.3) is 10.8 Å². The second-order valence-electron chi connectivity index (χ2n) is 6.48. The Kier molecular flexibility index (Phi) is 5.14. The molecule has 2 aromatic carbocycles. The minimum atomic E-state index is -0.790. The Balaban J connectivity index is 1.75. The molecule has 0 saturated carbocycles. The Morgan fingerprint density at radius 2 is 1.88 bits per heavy atom. The quantitative estimate of drug-likeness (QED) is 0.913. The molecule has 0 aliphatic carbocycles. The van der Waals surface area contributed by atoms with E-state index in [1.807, 2.05) is 29.2 Å². The third kappa shape index (κ3) is 3.75. The lowest BCUT2D eigenvalue weighted by molar-refractivity contribution is -0.139. The molecule has 0 bridgehead atoms. The van der Waals surface area contributed by atoms with Gasteiger partial charge in [0.1, 0.15) is 0 Å². The molecule has 126 valence electrons. The van der Waals surface area contributed by atoms with Crippen molar-refractivity contribution in [2.45, 2.75) is 44.6 Å². The number of carboxylic acid groups (broad SMARTS) is 1. The molecule has 1 N–H and O–H groups in total. The van der Waals surface area contributed by atoms with Gasteiger partial charge in [0.2, 0.25) is 5.91 Å². The lowest BCUT2D eigenvalue weighted by atomic mass is 9.96. The first kappa shape index (κ1) is 16.5. The van der Waals surface area contributed by atoms with Gasteiger partial charge in [0, 0.05) is 19.0 Å². The van der Waals surface area contributed by atoms with Crippen molar-refractivity contribution in [3.8, 4) is 0 Å². The maximum atomic E-state index is 12.8. The summed E-state index contributed by atoms with van der Waals surface area (Å²) in [5.74, 6) is -0.677. The number of nitrogens with zero attached hydrogens (tertiary/aromatic N) is 1. The number of hydrogen-bond acceptors (Lipinski definition) is 2. The molecule has 1 aliphatic rings. The molecule has 1 saturated heterocycles. The van der Waals surface area contributed by atoms with Crippen molar-refractivity contribution in [1.82, 2.24) is 4.90 Å². The molecule has 0 spiro atoms. The molecule has 2 aromatic rings. The minimum Gasteiger partial charge on any atom is -0.481 e. The summed E-state index contributed by atoms with van der Waals surface area (Å²) in [6.07, 6.45) is 4.05.